The number of unbranched alkanes of at least 4 members (excludes halogenated alkanes) is 4. The largest absolute Gasteiger partial charge is 2.00 e. The quantitative estimate of drug-likeness (QED) is 0.191. The topological polar surface area (TPSA) is 73.4 Å². The van der Waals surface area contributed by atoms with Gasteiger partial charge in [-0.1, -0.05) is 50.3 Å². The Morgan fingerprint density at radius 2 is 0.966 bits per heavy atom. The summed E-state index contributed by atoms with van der Waals surface area (Å²) in [5.74, 6) is 0. The van der Waals surface area contributed by atoms with Gasteiger partial charge in [0.1, 0.15) is 0 Å². The van der Waals surface area contributed by atoms with E-state index in [-0.39, 0.29) is 27.3 Å². The molecule has 7 heteroatoms. The van der Waals surface area contributed by atoms with Crippen LogP contribution in [0.25, 0.3) is 0 Å². The molecule has 2 aromatic rings. The van der Waals surface area contributed by atoms with Gasteiger partial charge in [0, 0.05) is 24.8 Å². The van der Waals surface area contributed by atoms with Crippen LogP contribution in [-0.4, -0.2) is 9.97 Å². The van der Waals surface area contributed by atoms with E-state index in [0.717, 1.165) is 0 Å². The van der Waals surface area contributed by atoms with E-state index >= 15 is 0 Å². The Labute approximate surface area is 208 Å². The summed E-state index contributed by atoms with van der Waals surface area (Å²) in [6.45, 7) is 4.46. The molecular formula is C22H30CdN4S2. The Balaban J connectivity index is -0.000000358. The van der Waals surface area contributed by atoms with Crippen LogP contribution in [0, 0.1) is 21.3 Å². The number of aromatic nitrogens is 2. The molecule has 2 aromatic heterocycles. The second kappa shape index (κ2) is 28.8. The standard InChI is InChI=1S/2C10H15N.2CHNS.Cd/c2*1-2-3-4-5-10-6-8-11-9-7-10;2*2-1-3;/h2*6-9H,2-5H2,1H3;2*3H;/q;;;;+2/p-2. The first-order chi connectivity index (χ1) is 13.7. The average Bonchev–Trinajstić information content (AvgIpc) is 2.72. The molecule has 29 heavy (non-hydrogen) atoms. The minimum absolute atomic E-state index is 0. The maximum Gasteiger partial charge on any atom is 2.00 e. The van der Waals surface area contributed by atoms with Crippen LogP contribution in [0.15, 0.2) is 49.1 Å². The van der Waals surface area contributed by atoms with E-state index in [0.29, 0.717) is 0 Å². The van der Waals surface area contributed by atoms with Gasteiger partial charge in [0.2, 0.25) is 0 Å². The predicted octanol–water partition coefficient (Wildman–Crippen LogP) is 5.65. The smallest absolute Gasteiger partial charge is 0.696 e. The molecule has 0 amide bonds. The first-order valence-corrected chi connectivity index (χ1v) is 10.3. The molecule has 0 aliphatic heterocycles. The SMILES string of the molecule is CCCCCc1ccncc1.CCCCCc1ccncc1.N#C[S-].N#C[S-].[Cd+2]. The summed E-state index contributed by atoms with van der Waals surface area (Å²) in [6.07, 6.45) is 17.7. The van der Waals surface area contributed by atoms with Gasteiger partial charge in [-0.25, -0.2) is 10.5 Å². The van der Waals surface area contributed by atoms with Crippen LogP contribution in [-0.2, 0) is 65.4 Å². The van der Waals surface area contributed by atoms with Crippen LogP contribution in [0.1, 0.15) is 63.5 Å². The summed E-state index contributed by atoms with van der Waals surface area (Å²) < 4.78 is 0. The molecule has 0 N–H and O–H groups in total. The van der Waals surface area contributed by atoms with Gasteiger partial charge in [0.05, 0.1) is 0 Å². The Bertz CT molecular complexity index is 571. The third kappa shape index (κ3) is 26.6. The van der Waals surface area contributed by atoms with E-state index in [1.54, 1.807) is 0 Å². The van der Waals surface area contributed by atoms with Crippen molar-refractivity contribution in [1.29, 1.82) is 10.5 Å². The Morgan fingerprint density at radius 1 is 0.690 bits per heavy atom. The van der Waals surface area contributed by atoms with Crippen molar-refractivity contribution in [1.82, 2.24) is 9.97 Å². The molecule has 0 saturated carbocycles. The fourth-order valence-electron chi connectivity index (χ4n) is 2.26. The molecule has 0 atom stereocenters. The molecule has 0 aliphatic rings. The van der Waals surface area contributed by atoms with E-state index in [1.807, 2.05) is 24.8 Å². The van der Waals surface area contributed by atoms with E-state index in [1.165, 1.54) is 73.3 Å². The van der Waals surface area contributed by atoms with Gasteiger partial charge in [-0.05, 0) is 61.1 Å². The summed E-state index contributed by atoms with van der Waals surface area (Å²) in [4.78, 5) is 7.95. The monoisotopic (exact) mass is 528 g/mol. The maximum atomic E-state index is 7.13. The molecule has 0 fully saturated rings. The van der Waals surface area contributed by atoms with Crippen molar-refractivity contribution in [2.75, 3.05) is 0 Å². The molecule has 2 rings (SSSR count). The Morgan fingerprint density at radius 3 is 1.21 bits per heavy atom. The van der Waals surface area contributed by atoms with Gasteiger partial charge in [-0.15, -0.1) is 0 Å². The van der Waals surface area contributed by atoms with Gasteiger partial charge in [-0.3, -0.25) is 9.97 Å². The summed E-state index contributed by atoms with van der Waals surface area (Å²) in [6, 6.07) is 8.37. The van der Waals surface area contributed by atoms with E-state index < -0.39 is 0 Å². The fourth-order valence-corrected chi connectivity index (χ4v) is 2.26. The number of thiocyanates is 2. The number of hydrogen-bond donors (Lipinski definition) is 0. The van der Waals surface area contributed by atoms with Crippen LogP contribution < -0.4 is 0 Å². The number of rotatable bonds is 8. The molecule has 0 unspecified atom stereocenters. The third-order valence-electron chi connectivity index (χ3n) is 3.64. The molecule has 0 spiro atoms. The number of nitriles is 2. The van der Waals surface area contributed by atoms with Crippen molar-refractivity contribution in [3.05, 3.63) is 60.2 Å². The molecule has 0 radical (unpaired) electrons. The Hall–Kier alpha value is -1.36. The number of hydrogen-bond acceptors (Lipinski definition) is 6. The molecule has 0 bridgehead atoms. The second-order valence-electron chi connectivity index (χ2n) is 5.81. The molecule has 0 aromatic carbocycles. The van der Waals surface area contributed by atoms with Crippen LogP contribution >= 0.6 is 0 Å². The molecule has 0 aliphatic carbocycles. The molecule has 4 nitrogen and oxygen atoms in total. The van der Waals surface area contributed by atoms with Crippen molar-refractivity contribution in [3.63, 3.8) is 0 Å². The second-order valence-corrected chi connectivity index (χ2v) is 6.17. The van der Waals surface area contributed by atoms with Gasteiger partial charge >= 0.3 is 27.3 Å². The van der Waals surface area contributed by atoms with E-state index in [2.05, 4.69) is 73.3 Å². The summed E-state index contributed by atoms with van der Waals surface area (Å²) in [5, 5.41) is 16.9. The van der Waals surface area contributed by atoms with Gasteiger partial charge in [-0.2, -0.15) is 0 Å². The molecular weight excluding hydrogens is 497 g/mol. The van der Waals surface area contributed by atoms with Crippen molar-refractivity contribution in [2.45, 2.75) is 65.2 Å². The zero-order chi connectivity index (χ0) is 21.3. The van der Waals surface area contributed by atoms with Crippen molar-refractivity contribution in [3.8, 4) is 10.8 Å². The van der Waals surface area contributed by atoms with E-state index in [4.69, 9.17) is 10.5 Å². The normalized spacial score (nSPS) is 8.00. The van der Waals surface area contributed by atoms with Gasteiger partial charge in [0.25, 0.3) is 0 Å². The number of aryl methyl sites for hydroxylation is 2. The van der Waals surface area contributed by atoms with Crippen LogP contribution in [0.2, 0.25) is 0 Å². The van der Waals surface area contributed by atoms with Crippen LogP contribution in [0.4, 0.5) is 0 Å². The van der Waals surface area contributed by atoms with Crippen LogP contribution in [0.3, 0.4) is 0 Å². The minimum atomic E-state index is 0. The molecule has 0 saturated heterocycles. The maximum absolute atomic E-state index is 7.13. The Kier molecular flexibility index (Phi) is 32.1. The first kappa shape index (κ1) is 32.3. The van der Waals surface area contributed by atoms with E-state index in [9.17, 15) is 0 Å². The first-order valence-electron chi connectivity index (χ1n) is 9.50. The zero-order valence-corrected chi connectivity index (χ0v) is 23.3. The van der Waals surface area contributed by atoms with Gasteiger partial charge in [0.15, 0.2) is 0 Å². The van der Waals surface area contributed by atoms with Crippen LogP contribution in [0.5, 0.6) is 0 Å². The summed E-state index contributed by atoms with van der Waals surface area (Å²) >= 11 is 7.40. The van der Waals surface area contributed by atoms with Gasteiger partial charge < -0.3 is 25.3 Å². The third-order valence-corrected chi connectivity index (χ3v) is 3.64. The minimum Gasteiger partial charge on any atom is -0.696 e. The molecule has 152 valence electrons. The predicted molar refractivity (Wildman–Crippen MR) is 121 cm³/mol. The fraction of sp³-hybridized carbons (Fsp3) is 0.455. The van der Waals surface area contributed by atoms with Crippen molar-refractivity contribution in [2.24, 2.45) is 0 Å². The average molecular weight is 527 g/mol. The summed E-state index contributed by atoms with van der Waals surface area (Å²) in [5.41, 5.74) is 2.82. The molecule has 2 heterocycles. The summed E-state index contributed by atoms with van der Waals surface area (Å²) in [7, 11) is 0. The zero-order valence-electron chi connectivity index (χ0n) is 17.6. The van der Waals surface area contributed by atoms with Crippen molar-refractivity contribution < 1.29 is 27.3 Å². The number of pyridine rings is 2. The van der Waals surface area contributed by atoms with Crippen molar-refractivity contribution >= 4 is 25.3 Å². The number of nitrogens with zero attached hydrogens (tertiary/aromatic N) is 4.